The SMILES string of the molecule is CC.CC.CC(C)C.NC(=O)[C@@H]1CCCN1C(=O)CNc1nc(-c2sccc2Cl)cs1. The number of hydrogen-bond donors (Lipinski definition) is 2. The molecular formula is C22H37ClN4O2S2. The molecule has 2 aromatic heterocycles. The number of nitrogens with two attached hydrogens (primary N) is 1. The zero-order chi connectivity index (χ0) is 24.0. The summed E-state index contributed by atoms with van der Waals surface area (Å²) in [5, 5.41) is 8.13. The lowest BCUT2D eigenvalue weighted by Crippen LogP contribution is -2.45. The zero-order valence-corrected chi connectivity index (χ0v) is 22.1. The third-order valence-electron chi connectivity index (χ3n) is 3.65. The summed E-state index contributed by atoms with van der Waals surface area (Å²) in [6, 6.07) is 1.34. The number of primary amides is 1. The summed E-state index contributed by atoms with van der Waals surface area (Å²) >= 11 is 9.03. The number of carbonyl (C=O) groups is 2. The Morgan fingerprint density at radius 2 is 1.87 bits per heavy atom. The lowest BCUT2D eigenvalue weighted by atomic mass is 10.2. The molecule has 1 aliphatic heterocycles. The van der Waals surface area contributed by atoms with Crippen molar-refractivity contribution in [3.63, 3.8) is 0 Å². The average molecular weight is 489 g/mol. The van der Waals surface area contributed by atoms with Gasteiger partial charge in [0.25, 0.3) is 0 Å². The molecule has 0 aliphatic carbocycles. The van der Waals surface area contributed by atoms with Gasteiger partial charge in [0.1, 0.15) is 6.04 Å². The van der Waals surface area contributed by atoms with E-state index in [1.54, 1.807) is 4.90 Å². The van der Waals surface area contributed by atoms with E-state index in [9.17, 15) is 9.59 Å². The molecule has 0 spiro atoms. The number of halogens is 1. The van der Waals surface area contributed by atoms with E-state index < -0.39 is 11.9 Å². The van der Waals surface area contributed by atoms with E-state index in [0.29, 0.717) is 23.1 Å². The first-order chi connectivity index (χ1) is 14.8. The van der Waals surface area contributed by atoms with Gasteiger partial charge in [-0.2, -0.15) is 0 Å². The van der Waals surface area contributed by atoms with Gasteiger partial charge in [0.2, 0.25) is 11.8 Å². The van der Waals surface area contributed by atoms with Crippen LogP contribution in [0.25, 0.3) is 10.6 Å². The van der Waals surface area contributed by atoms with E-state index in [4.69, 9.17) is 17.3 Å². The van der Waals surface area contributed by atoms with Crippen molar-refractivity contribution in [1.29, 1.82) is 0 Å². The van der Waals surface area contributed by atoms with Crippen LogP contribution in [0.3, 0.4) is 0 Å². The quantitative estimate of drug-likeness (QED) is 0.529. The van der Waals surface area contributed by atoms with E-state index in [2.05, 4.69) is 31.1 Å². The zero-order valence-electron chi connectivity index (χ0n) is 19.7. The minimum Gasteiger partial charge on any atom is -0.368 e. The predicted molar refractivity (Wildman–Crippen MR) is 136 cm³/mol. The number of amides is 2. The second-order valence-corrected chi connectivity index (χ2v) is 9.05. The number of nitrogens with zero attached hydrogens (tertiary/aromatic N) is 2. The topological polar surface area (TPSA) is 88.3 Å². The molecule has 0 radical (unpaired) electrons. The lowest BCUT2D eigenvalue weighted by Gasteiger charge is -2.22. The van der Waals surface area contributed by atoms with Crippen molar-refractivity contribution in [3.8, 4) is 10.6 Å². The molecule has 31 heavy (non-hydrogen) atoms. The molecule has 3 N–H and O–H groups in total. The first-order valence-corrected chi connectivity index (χ1v) is 12.9. The Morgan fingerprint density at radius 3 is 2.39 bits per heavy atom. The van der Waals surface area contributed by atoms with Crippen LogP contribution >= 0.6 is 34.3 Å². The number of likely N-dealkylation sites (tertiary alicyclic amines) is 1. The largest absolute Gasteiger partial charge is 0.368 e. The molecule has 1 aliphatic rings. The van der Waals surface area contributed by atoms with Gasteiger partial charge in [-0.15, -0.1) is 22.7 Å². The maximum Gasteiger partial charge on any atom is 0.242 e. The van der Waals surface area contributed by atoms with Gasteiger partial charge >= 0.3 is 0 Å². The van der Waals surface area contributed by atoms with Crippen molar-refractivity contribution in [2.75, 3.05) is 18.4 Å². The molecule has 0 aromatic carbocycles. The Morgan fingerprint density at radius 1 is 1.26 bits per heavy atom. The highest BCUT2D eigenvalue weighted by Gasteiger charge is 2.32. The van der Waals surface area contributed by atoms with Crippen LogP contribution in [0.1, 0.15) is 61.3 Å². The third-order valence-corrected chi connectivity index (χ3v) is 5.81. The van der Waals surface area contributed by atoms with Crippen LogP contribution in [0.4, 0.5) is 5.13 Å². The third kappa shape index (κ3) is 10.0. The smallest absolute Gasteiger partial charge is 0.242 e. The minimum absolute atomic E-state index is 0.0922. The number of aromatic nitrogens is 1. The molecule has 0 unspecified atom stereocenters. The number of nitrogens with one attached hydrogen (secondary N) is 1. The molecular weight excluding hydrogens is 452 g/mol. The molecule has 3 heterocycles. The number of rotatable bonds is 5. The number of thiazole rings is 1. The van der Waals surface area contributed by atoms with Crippen LogP contribution < -0.4 is 11.1 Å². The Bertz CT molecular complexity index is 774. The first-order valence-electron chi connectivity index (χ1n) is 10.8. The fraction of sp³-hybridized carbons (Fsp3) is 0.591. The van der Waals surface area contributed by atoms with Gasteiger partial charge in [-0.05, 0) is 30.2 Å². The van der Waals surface area contributed by atoms with E-state index in [1.807, 2.05) is 44.5 Å². The maximum absolute atomic E-state index is 12.2. The summed E-state index contributed by atoms with van der Waals surface area (Å²) in [5.41, 5.74) is 6.12. The van der Waals surface area contributed by atoms with Crippen molar-refractivity contribution in [1.82, 2.24) is 9.88 Å². The van der Waals surface area contributed by atoms with Gasteiger partial charge in [-0.25, -0.2) is 4.98 Å². The normalized spacial score (nSPS) is 14.5. The highest BCUT2D eigenvalue weighted by molar-refractivity contribution is 7.16. The summed E-state index contributed by atoms with van der Waals surface area (Å²) in [6.07, 6.45) is 1.44. The Kier molecular flexibility index (Phi) is 15.2. The van der Waals surface area contributed by atoms with Crippen molar-refractivity contribution in [2.24, 2.45) is 11.7 Å². The van der Waals surface area contributed by atoms with E-state index >= 15 is 0 Å². The number of anilines is 1. The standard InChI is InChI=1S/C14H15ClN4O2S2.C4H10.2C2H6/c15-8-3-5-22-12(8)9-7-23-14(18-9)17-6-11(20)19-4-1-2-10(19)13(16)21;1-4(2)3;2*1-2/h3,5,7,10H,1-2,4,6H2,(H2,16,21)(H,17,18);4H,1-3H3;2*1-2H3/t10-;;;/m0.../s1. The van der Waals surface area contributed by atoms with Gasteiger partial charge in [-0.1, -0.05) is 60.1 Å². The van der Waals surface area contributed by atoms with Crippen molar-refractivity contribution >= 4 is 51.2 Å². The summed E-state index contributed by atoms with van der Waals surface area (Å²) in [7, 11) is 0. The average Bonchev–Trinajstić information content (AvgIpc) is 3.49. The molecule has 3 rings (SSSR count). The first kappa shape index (κ1) is 29.4. The highest BCUT2D eigenvalue weighted by atomic mass is 35.5. The molecule has 9 heteroatoms. The summed E-state index contributed by atoms with van der Waals surface area (Å²) in [5.74, 6) is 0.247. The van der Waals surface area contributed by atoms with Crippen molar-refractivity contribution in [3.05, 3.63) is 21.8 Å². The highest BCUT2D eigenvalue weighted by Crippen LogP contribution is 2.34. The summed E-state index contributed by atoms with van der Waals surface area (Å²) < 4.78 is 0. The number of hydrogen-bond acceptors (Lipinski definition) is 6. The van der Waals surface area contributed by atoms with Gasteiger partial charge < -0.3 is 16.0 Å². The molecule has 1 saturated heterocycles. The van der Waals surface area contributed by atoms with Crippen LogP contribution in [-0.2, 0) is 9.59 Å². The van der Waals surface area contributed by atoms with Crippen LogP contribution in [-0.4, -0.2) is 40.8 Å². The lowest BCUT2D eigenvalue weighted by molar-refractivity contribution is -0.135. The fourth-order valence-corrected chi connectivity index (χ4v) is 4.44. The minimum atomic E-state index is -0.485. The monoisotopic (exact) mass is 488 g/mol. The molecule has 176 valence electrons. The fourth-order valence-electron chi connectivity index (χ4n) is 2.55. The van der Waals surface area contributed by atoms with Gasteiger partial charge in [-0.3, -0.25) is 9.59 Å². The van der Waals surface area contributed by atoms with Gasteiger partial charge in [0.05, 0.1) is 22.1 Å². The van der Waals surface area contributed by atoms with Crippen molar-refractivity contribution in [2.45, 2.75) is 67.3 Å². The predicted octanol–water partition coefficient (Wildman–Crippen LogP) is 6.13. The van der Waals surface area contributed by atoms with E-state index in [-0.39, 0.29) is 12.5 Å². The van der Waals surface area contributed by atoms with Gasteiger partial charge in [0, 0.05) is 11.9 Å². The van der Waals surface area contributed by atoms with Crippen LogP contribution in [0, 0.1) is 5.92 Å². The summed E-state index contributed by atoms with van der Waals surface area (Å²) in [6.45, 7) is 15.2. The molecule has 0 bridgehead atoms. The van der Waals surface area contributed by atoms with Crippen molar-refractivity contribution < 1.29 is 9.59 Å². The number of carbonyl (C=O) groups excluding carboxylic acids is 2. The van der Waals surface area contributed by atoms with Crippen LogP contribution in [0.5, 0.6) is 0 Å². The van der Waals surface area contributed by atoms with Crippen LogP contribution in [0.2, 0.25) is 5.02 Å². The molecule has 2 aromatic rings. The molecule has 0 saturated carbocycles. The van der Waals surface area contributed by atoms with Gasteiger partial charge in [0.15, 0.2) is 5.13 Å². The Hall–Kier alpha value is -1.64. The Balaban J connectivity index is 0.000000992. The van der Waals surface area contributed by atoms with E-state index in [1.165, 1.54) is 22.7 Å². The second kappa shape index (κ2) is 16.1. The Labute approximate surface area is 200 Å². The molecule has 2 amide bonds. The van der Waals surface area contributed by atoms with E-state index in [0.717, 1.165) is 22.9 Å². The molecule has 1 atom stereocenters. The maximum atomic E-state index is 12.2. The summed E-state index contributed by atoms with van der Waals surface area (Å²) in [4.78, 5) is 30.5. The van der Waals surface area contributed by atoms with Crippen LogP contribution in [0.15, 0.2) is 16.8 Å². The molecule has 6 nitrogen and oxygen atoms in total. The number of thiophene rings is 1. The second-order valence-electron chi connectivity index (χ2n) is 6.87. The molecule has 1 fully saturated rings.